The monoisotopic (exact) mass is 550 g/mol. The van der Waals surface area contributed by atoms with E-state index in [9.17, 15) is 14.5 Å². The van der Waals surface area contributed by atoms with Gasteiger partial charge in [-0.05, 0) is 32.9 Å². The summed E-state index contributed by atoms with van der Waals surface area (Å²) in [5, 5.41) is 13.4. The summed E-state index contributed by atoms with van der Waals surface area (Å²) in [4.78, 5) is 24.5. The van der Waals surface area contributed by atoms with Crippen molar-refractivity contribution in [3.05, 3.63) is 36.7 Å². The summed E-state index contributed by atoms with van der Waals surface area (Å²) in [5.41, 5.74) is 18.4. The van der Waals surface area contributed by atoms with Gasteiger partial charge in [-0.3, -0.25) is 13.9 Å². The average Bonchev–Trinajstić information content (AvgIpc) is 3.39. The first-order chi connectivity index (χ1) is 18.0. The van der Waals surface area contributed by atoms with Gasteiger partial charge in [0.25, 0.3) is 0 Å². The smallest absolute Gasteiger partial charge is 0.459 e. The van der Waals surface area contributed by atoms with Crippen molar-refractivity contribution >= 4 is 36.6 Å². The van der Waals surface area contributed by atoms with Crippen LogP contribution in [0.15, 0.2) is 36.7 Å². The van der Waals surface area contributed by atoms with Crippen LogP contribution in [-0.4, -0.2) is 67.6 Å². The zero-order valence-electron chi connectivity index (χ0n) is 21.0. The molecule has 38 heavy (non-hydrogen) atoms. The van der Waals surface area contributed by atoms with Crippen LogP contribution in [0.3, 0.4) is 0 Å². The lowest BCUT2D eigenvalue weighted by Gasteiger charge is -2.25. The Bertz CT molecular complexity index is 1320. The van der Waals surface area contributed by atoms with E-state index in [1.807, 2.05) is 0 Å². The summed E-state index contributed by atoms with van der Waals surface area (Å²) in [6.45, 7) is 4.45. The molecule has 206 valence electrons. The van der Waals surface area contributed by atoms with Crippen LogP contribution in [0.2, 0.25) is 0 Å². The van der Waals surface area contributed by atoms with Crippen molar-refractivity contribution in [3.8, 4) is 5.75 Å². The highest BCUT2D eigenvalue weighted by Crippen LogP contribution is 2.46. The van der Waals surface area contributed by atoms with Crippen LogP contribution in [0.25, 0.3) is 11.2 Å². The van der Waals surface area contributed by atoms with Crippen molar-refractivity contribution in [2.45, 2.75) is 57.4 Å². The second kappa shape index (κ2) is 11.2. The van der Waals surface area contributed by atoms with Crippen LogP contribution in [0.5, 0.6) is 5.75 Å². The van der Waals surface area contributed by atoms with Crippen molar-refractivity contribution in [2.75, 3.05) is 18.1 Å². The zero-order chi connectivity index (χ0) is 27.6. The number of benzene rings is 1. The normalized spacial score (nSPS) is 23.8. The summed E-state index contributed by atoms with van der Waals surface area (Å²) in [7, 11) is -4.18. The molecule has 3 heterocycles. The Kier molecular flexibility index (Phi) is 8.16. The summed E-state index contributed by atoms with van der Waals surface area (Å²) >= 11 is 0. The van der Waals surface area contributed by atoms with Gasteiger partial charge in [0.15, 0.2) is 17.7 Å². The highest BCUT2D eigenvalue weighted by molar-refractivity contribution is 7.52. The molecule has 8 N–H and O–H groups in total. The van der Waals surface area contributed by atoms with Gasteiger partial charge >= 0.3 is 13.7 Å². The number of hydrogen-bond donors (Lipinski definition) is 5. The average molecular weight is 551 g/mol. The molecule has 4 rings (SSSR count). The molecule has 0 unspecified atom stereocenters. The number of imidazole rings is 1. The quantitative estimate of drug-likeness (QED) is 0.173. The Morgan fingerprint density at radius 2 is 1.95 bits per heavy atom. The van der Waals surface area contributed by atoms with E-state index in [1.54, 1.807) is 44.2 Å². The molecule has 2 aromatic heterocycles. The predicted octanol–water partition coefficient (Wildman–Crippen LogP) is 0.710. The number of esters is 1. The molecule has 15 nitrogen and oxygen atoms in total. The van der Waals surface area contributed by atoms with Crippen LogP contribution in [0.1, 0.15) is 27.0 Å². The molecular formula is C22H31N8O7P. The highest BCUT2D eigenvalue weighted by atomic mass is 31.2. The predicted molar refractivity (Wildman–Crippen MR) is 136 cm³/mol. The Balaban J connectivity index is 1.51. The van der Waals surface area contributed by atoms with Gasteiger partial charge in [-0.1, -0.05) is 18.2 Å². The molecule has 16 heteroatoms. The number of para-hydroxylation sites is 1. The number of nitrogen functional groups attached to an aromatic ring is 2. The molecule has 1 aliphatic heterocycles. The number of hydrogen-bond acceptors (Lipinski definition) is 13. The molecule has 0 spiro atoms. The fraction of sp³-hybridized carbons (Fsp3) is 0.455. The molecule has 6 atom stereocenters. The van der Waals surface area contributed by atoms with E-state index in [2.05, 4.69) is 20.0 Å². The van der Waals surface area contributed by atoms with E-state index in [0.717, 1.165) is 0 Å². The van der Waals surface area contributed by atoms with E-state index in [-0.39, 0.29) is 34.8 Å². The van der Waals surface area contributed by atoms with Crippen LogP contribution in [0, 0.1) is 0 Å². The largest absolute Gasteiger partial charge is 0.462 e. The lowest BCUT2D eigenvalue weighted by Crippen LogP contribution is -2.41. The lowest BCUT2D eigenvalue weighted by atomic mass is 10.1. The van der Waals surface area contributed by atoms with Crippen molar-refractivity contribution in [3.63, 3.8) is 0 Å². The third kappa shape index (κ3) is 6.04. The summed E-state index contributed by atoms with van der Waals surface area (Å²) in [6, 6.07) is 6.29. The molecular weight excluding hydrogens is 519 g/mol. The van der Waals surface area contributed by atoms with E-state index in [1.165, 1.54) is 17.8 Å². The number of nitrogens with one attached hydrogen (secondary N) is 1. The second-order valence-electron chi connectivity index (χ2n) is 8.96. The molecule has 0 aliphatic carbocycles. The van der Waals surface area contributed by atoms with Gasteiger partial charge in [-0.25, -0.2) is 9.55 Å². The van der Waals surface area contributed by atoms with Crippen LogP contribution in [-0.2, 0) is 23.4 Å². The van der Waals surface area contributed by atoms with E-state index in [4.69, 9.17) is 35.7 Å². The number of nitrogens with two attached hydrogens (primary N) is 3. The third-order valence-electron chi connectivity index (χ3n) is 5.59. The number of nitrogens with zero attached hydrogens (tertiary/aromatic N) is 4. The van der Waals surface area contributed by atoms with E-state index < -0.39 is 50.8 Å². The maximum atomic E-state index is 13.7. The SMILES string of the molecule is CC(C)OC(=O)[C@@H](C)N[P@@](=O)(OC[C@H]1O[C@@H](n2cnc3c(N)nc(N)nc32)[C@H](N)[C@@H]1O)Oc1ccccc1. The van der Waals surface area contributed by atoms with Crippen LogP contribution >= 0.6 is 7.75 Å². The summed E-state index contributed by atoms with van der Waals surface area (Å²) in [5.74, 6) is -0.408. The number of aromatic nitrogens is 4. The van der Waals surface area contributed by atoms with Gasteiger partial charge in [-0.2, -0.15) is 15.1 Å². The van der Waals surface area contributed by atoms with E-state index >= 15 is 0 Å². The Hall–Kier alpha value is -3.33. The Morgan fingerprint density at radius 3 is 2.63 bits per heavy atom. The number of carbonyl (C=O) groups excluding carboxylic acids is 1. The number of carbonyl (C=O) groups is 1. The third-order valence-corrected chi connectivity index (χ3v) is 7.24. The second-order valence-corrected chi connectivity index (χ2v) is 10.7. The number of rotatable bonds is 10. The minimum atomic E-state index is -4.18. The molecule has 1 saturated heterocycles. The molecule has 1 fully saturated rings. The molecule has 1 aromatic carbocycles. The standard InChI is InChI=1S/C22H31N8O7P/c1-11(2)35-21(32)12(3)29-38(33,37-13-7-5-4-6-8-13)34-9-14-17(31)15(23)20(36-14)30-10-26-16-18(24)27-22(25)28-19(16)30/h4-8,10-12,14-15,17,20,31H,9,23H2,1-3H3,(H,29,33)(H4,24,25,27,28)/t12-,14-,15-,17-,20-,38-/m1/s1. The minimum absolute atomic E-state index is 0.0704. The number of aliphatic hydroxyl groups excluding tert-OH is 1. The first kappa shape index (κ1) is 27.7. The Labute approximate surface area is 218 Å². The number of aliphatic hydroxyl groups is 1. The molecule has 1 aliphatic rings. The maximum Gasteiger partial charge on any atom is 0.459 e. The molecule has 0 bridgehead atoms. The molecule has 0 saturated carbocycles. The lowest BCUT2D eigenvalue weighted by molar-refractivity contribution is -0.149. The van der Waals surface area contributed by atoms with Crippen molar-refractivity contribution in [2.24, 2.45) is 5.73 Å². The number of anilines is 2. The fourth-order valence-electron chi connectivity index (χ4n) is 3.80. The van der Waals surface area contributed by atoms with Gasteiger partial charge in [0.2, 0.25) is 5.95 Å². The maximum absolute atomic E-state index is 13.7. The first-order valence-electron chi connectivity index (χ1n) is 11.8. The molecule has 3 aromatic rings. The summed E-state index contributed by atoms with van der Waals surface area (Å²) in [6.07, 6.45) is -2.18. The van der Waals surface area contributed by atoms with Gasteiger partial charge in [-0.15, -0.1) is 0 Å². The highest BCUT2D eigenvalue weighted by Gasteiger charge is 2.45. The fourth-order valence-corrected chi connectivity index (χ4v) is 5.31. The topological polar surface area (TPSA) is 225 Å². The first-order valence-corrected chi connectivity index (χ1v) is 13.3. The molecule has 0 radical (unpaired) electrons. The number of fused-ring (bicyclic) bond motifs is 1. The zero-order valence-corrected chi connectivity index (χ0v) is 21.9. The van der Waals surface area contributed by atoms with Crippen molar-refractivity contribution < 1.29 is 33.0 Å². The van der Waals surface area contributed by atoms with E-state index in [0.29, 0.717) is 0 Å². The van der Waals surface area contributed by atoms with Gasteiger partial charge in [0, 0.05) is 0 Å². The van der Waals surface area contributed by atoms with Crippen molar-refractivity contribution in [1.29, 1.82) is 0 Å². The van der Waals surface area contributed by atoms with Gasteiger partial charge < -0.3 is 36.3 Å². The van der Waals surface area contributed by atoms with Crippen LogP contribution in [0.4, 0.5) is 11.8 Å². The van der Waals surface area contributed by atoms with Crippen molar-refractivity contribution in [1.82, 2.24) is 24.6 Å². The minimum Gasteiger partial charge on any atom is -0.462 e. The number of ether oxygens (including phenoxy) is 2. The van der Waals surface area contributed by atoms with Gasteiger partial charge in [0.1, 0.15) is 29.5 Å². The Morgan fingerprint density at radius 1 is 1.24 bits per heavy atom. The van der Waals surface area contributed by atoms with Gasteiger partial charge in [0.05, 0.1) is 25.1 Å². The summed E-state index contributed by atoms with van der Waals surface area (Å²) < 4.78 is 37.6. The molecule has 0 amide bonds. The van der Waals surface area contributed by atoms with Crippen LogP contribution < -0.4 is 26.8 Å².